The molecule has 3 saturated heterocycles. The predicted molar refractivity (Wildman–Crippen MR) is 376 cm³/mol. The molecule has 0 atom stereocenters. The van der Waals surface area contributed by atoms with E-state index < -0.39 is 0 Å². The van der Waals surface area contributed by atoms with Crippen LogP contribution in [0.2, 0.25) is 5.02 Å². The van der Waals surface area contributed by atoms with E-state index in [1.54, 1.807) is 0 Å². The maximum atomic E-state index is 6.07. The Kier molecular flexibility index (Phi) is 21.3. The Labute approximate surface area is 537 Å². The first-order chi connectivity index (χ1) is 43.4. The highest BCUT2D eigenvalue weighted by atomic mass is 35.5. The molecule has 3 aromatic heterocycles. The Balaban J connectivity index is 0.000000148. The summed E-state index contributed by atoms with van der Waals surface area (Å²) in [6, 6.07) is 43.8. The number of rotatable bonds is 15. The van der Waals surface area contributed by atoms with Gasteiger partial charge in [-0.05, 0) is 214 Å². The number of benzene rings is 6. The van der Waals surface area contributed by atoms with Gasteiger partial charge in [0.15, 0.2) is 0 Å². The van der Waals surface area contributed by atoms with Gasteiger partial charge in [-0.25, -0.2) is 15.0 Å². The summed E-state index contributed by atoms with van der Waals surface area (Å²) in [5.74, 6) is 4.12. The zero-order chi connectivity index (χ0) is 63.3. The topological polar surface area (TPSA) is 169 Å². The van der Waals surface area contributed by atoms with E-state index >= 15 is 0 Å². The highest BCUT2D eigenvalue weighted by Crippen LogP contribution is 2.30. The number of anilines is 15. The number of piperazine rings is 3. The normalized spacial score (nSPS) is 14.6. The molecule has 12 rings (SSSR count). The fraction of sp³-hybridized carbons (Fsp3) is 0.324. The molecule has 9 aromatic rings. The summed E-state index contributed by atoms with van der Waals surface area (Å²) in [6.45, 7) is 29.5. The summed E-state index contributed by atoms with van der Waals surface area (Å²) in [5.41, 5.74) is 18.8. The van der Waals surface area contributed by atoms with Gasteiger partial charge in [0, 0.05) is 170 Å². The Morgan fingerprint density at radius 1 is 0.322 bits per heavy atom. The molecule has 0 unspecified atom stereocenters. The molecule has 0 bridgehead atoms. The minimum Gasteiger partial charge on any atom is -0.369 e. The summed E-state index contributed by atoms with van der Waals surface area (Å²) >= 11 is 6.07. The first-order valence-electron chi connectivity index (χ1n) is 31.1. The smallest absolute Gasteiger partial charge is 0.229 e. The summed E-state index contributed by atoms with van der Waals surface area (Å²) in [7, 11) is 6.52. The van der Waals surface area contributed by atoms with Gasteiger partial charge in [0.1, 0.15) is 17.5 Å². The molecule has 3 aliphatic rings. The average Bonchev–Trinajstić information content (AvgIpc) is 1.35. The van der Waals surface area contributed by atoms with Gasteiger partial charge in [-0.15, -0.1) is 0 Å². The van der Waals surface area contributed by atoms with E-state index in [1.807, 2.05) is 64.5 Å². The Morgan fingerprint density at radius 2 is 0.700 bits per heavy atom. The minimum atomic E-state index is 0.557. The lowest BCUT2D eigenvalue weighted by atomic mass is 10.1. The first-order valence-corrected chi connectivity index (χ1v) is 31.5. The predicted octanol–water partition coefficient (Wildman–Crippen LogP) is 14.3. The van der Waals surface area contributed by atoms with Crippen LogP contribution in [-0.2, 0) is 0 Å². The number of likely N-dealkylation sites (N-methyl/N-ethyl adjacent to an activating group) is 3. The number of aromatic nitrogens is 6. The average molecular weight is 1230 g/mol. The van der Waals surface area contributed by atoms with Crippen molar-refractivity contribution >= 4 is 98.1 Å². The van der Waals surface area contributed by atoms with Crippen LogP contribution in [0.4, 0.5) is 86.5 Å². The first kappa shape index (κ1) is 63.9. The van der Waals surface area contributed by atoms with Crippen molar-refractivity contribution in [3.05, 3.63) is 196 Å². The quantitative estimate of drug-likeness (QED) is 0.0573. The molecule has 90 heavy (non-hydrogen) atoms. The van der Waals surface area contributed by atoms with Crippen LogP contribution < -0.4 is 46.6 Å². The van der Waals surface area contributed by atoms with Gasteiger partial charge in [-0.1, -0.05) is 29.8 Å². The van der Waals surface area contributed by atoms with Crippen LogP contribution in [0, 0.1) is 55.4 Å². The Morgan fingerprint density at radius 3 is 1.09 bits per heavy atom. The lowest BCUT2D eigenvalue weighted by molar-refractivity contribution is 0.313. The van der Waals surface area contributed by atoms with Crippen LogP contribution in [0.3, 0.4) is 0 Å². The van der Waals surface area contributed by atoms with E-state index in [1.165, 1.54) is 39.3 Å². The SMILES string of the molecule is Cc1cc(Cl)ccc1Nc1nc(Nc2ccc(N3CCN(C)CC3)cc2)ncc1C.Cc1ccc(Nc2nc(Nc3ccc(N4CCN(C)CC4)cc3)ncc2C)cc1C.Cc1cnc(Nc2ccc(N3CCN(C)CC3)cc2)nc1Nc1cccc(C)c1C. The van der Waals surface area contributed by atoms with Gasteiger partial charge >= 0.3 is 0 Å². The lowest BCUT2D eigenvalue weighted by Crippen LogP contribution is -2.44. The fourth-order valence-electron chi connectivity index (χ4n) is 10.6. The molecule has 468 valence electrons. The second-order valence-corrected chi connectivity index (χ2v) is 24.4. The van der Waals surface area contributed by atoms with Gasteiger partial charge in [-0.3, -0.25) is 0 Å². The second kappa shape index (κ2) is 30.0. The van der Waals surface area contributed by atoms with E-state index in [0.29, 0.717) is 17.8 Å². The van der Waals surface area contributed by atoms with Gasteiger partial charge in [0.2, 0.25) is 17.8 Å². The summed E-state index contributed by atoms with van der Waals surface area (Å²) in [4.78, 5) is 41.8. The van der Waals surface area contributed by atoms with E-state index in [4.69, 9.17) is 16.6 Å². The minimum absolute atomic E-state index is 0.557. The molecule has 6 heterocycles. The van der Waals surface area contributed by atoms with Crippen molar-refractivity contribution in [2.45, 2.75) is 55.4 Å². The highest BCUT2D eigenvalue weighted by Gasteiger charge is 2.18. The van der Waals surface area contributed by atoms with E-state index in [-0.39, 0.29) is 0 Å². The van der Waals surface area contributed by atoms with Crippen LogP contribution in [0.15, 0.2) is 146 Å². The van der Waals surface area contributed by atoms with Crippen LogP contribution in [0.1, 0.15) is 44.5 Å². The van der Waals surface area contributed by atoms with E-state index in [0.717, 1.165) is 157 Å². The number of nitrogens with one attached hydrogen (secondary N) is 6. The van der Waals surface area contributed by atoms with Gasteiger partial charge in [0.25, 0.3) is 0 Å². The third kappa shape index (κ3) is 17.4. The Hall–Kier alpha value is -9.07. The van der Waals surface area contributed by atoms with Crippen molar-refractivity contribution in [2.75, 3.05) is 146 Å². The lowest BCUT2D eigenvalue weighted by Gasteiger charge is -2.34. The maximum absolute atomic E-state index is 6.07. The van der Waals surface area contributed by atoms with Crippen LogP contribution in [-0.4, -0.2) is 144 Å². The monoisotopic (exact) mass is 1230 g/mol. The summed E-state index contributed by atoms with van der Waals surface area (Å²) in [6.07, 6.45) is 5.51. The molecule has 0 saturated carbocycles. The summed E-state index contributed by atoms with van der Waals surface area (Å²) in [5, 5.41) is 21.0. The molecule has 0 amide bonds. The van der Waals surface area contributed by atoms with Crippen molar-refractivity contribution in [3.8, 4) is 0 Å². The molecule has 3 fully saturated rings. The molecular formula is C71H87ClN18. The fourth-order valence-corrected chi connectivity index (χ4v) is 10.8. The number of hydrogen-bond donors (Lipinski definition) is 6. The molecule has 3 aliphatic heterocycles. The van der Waals surface area contributed by atoms with Gasteiger partial charge in [0.05, 0.1) is 0 Å². The molecule has 6 aromatic carbocycles. The van der Waals surface area contributed by atoms with Crippen LogP contribution in [0.5, 0.6) is 0 Å². The van der Waals surface area contributed by atoms with Crippen molar-refractivity contribution in [1.82, 2.24) is 44.6 Å². The number of aryl methyl sites for hydroxylation is 7. The third-order valence-electron chi connectivity index (χ3n) is 17.0. The number of nitrogens with zero attached hydrogens (tertiary/aromatic N) is 12. The standard InChI is InChI=1S/2C24H30N6.C23H27ClN6/c1-17-5-6-21(15-18(17)2)26-23-19(3)16-25-24(28-23)27-20-7-9-22(10-8-20)30-13-11-29(4)12-14-30;1-17-6-5-7-22(19(17)3)27-23-18(2)16-25-24(28-23)26-20-8-10-21(11-9-20)30-14-12-29(4)13-15-30;1-16-14-18(24)4-9-21(16)27-22-17(2)15-25-23(28-22)26-19-5-7-20(8-6-19)30-12-10-29(3)11-13-30/h5-10,15-16H,11-14H2,1-4H3,(H2,25,26,27,28);5-11,16H,12-15H2,1-4H3,(H2,25,26,27,28);4-9,14-15H,10-13H2,1-3H3,(H2,25,26,27,28). The van der Waals surface area contributed by atoms with Crippen molar-refractivity contribution < 1.29 is 0 Å². The van der Waals surface area contributed by atoms with E-state index in [2.05, 4.69) is 244 Å². The molecule has 18 nitrogen and oxygen atoms in total. The zero-order valence-electron chi connectivity index (χ0n) is 54.1. The Bertz CT molecular complexity index is 3820. The van der Waals surface area contributed by atoms with Crippen molar-refractivity contribution in [3.63, 3.8) is 0 Å². The van der Waals surface area contributed by atoms with Crippen molar-refractivity contribution in [2.24, 2.45) is 0 Å². The van der Waals surface area contributed by atoms with Crippen LogP contribution >= 0.6 is 11.6 Å². The highest BCUT2D eigenvalue weighted by molar-refractivity contribution is 6.30. The largest absolute Gasteiger partial charge is 0.369 e. The molecular weight excluding hydrogens is 1140 g/mol. The van der Waals surface area contributed by atoms with Crippen LogP contribution in [0.25, 0.3) is 0 Å². The zero-order valence-corrected chi connectivity index (χ0v) is 54.8. The number of hydrogen-bond acceptors (Lipinski definition) is 18. The maximum Gasteiger partial charge on any atom is 0.229 e. The number of halogens is 1. The van der Waals surface area contributed by atoms with E-state index in [9.17, 15) is 0 Å². The third-order valence-corrected chi connectivity index (χ3v) is 17.2. The molecule has 0 spiro atoms. The molecule has 6 N–H and O–H groups in total. The van der Waals surface area contributed by atoms with Gasteiger partial charge in [-0.2, -0.15) is 15.0 Å². The summed E-state index contributed by atoms with van der Waals surface area (Å²) < 4.78 is 0. The molecule has 19 heteroatoms. The second-order valence-electron chi connectivity index (χ2n) is 23.9. The van der Waals surface area contributed by atoms with Crippen molar-refractivity contribution in [1.29, 1.82) is 0 Å². The van der Waals surface area contributed by atoms with Gasteiger partial charge < -0.3 is 61.3 Å². The molecule has 0 radical (unpaired) electrons. The molecule has 0 aliphatic carbocycles.